The lowest BCUT2D eigenvalue weighted by atomic mass is 10.1. The number of rotatable bonds is 2. The average Bonchev–Trinajstić information content (AvgIpc) is 2.68. The van der Waals surface area contributed by atoms with Crippen molar-refractivity contribution in [3.63, 3.8) is 0 Å². The summed E-state index contributed by atoms with van der Waals surface area (Å²) < 4.78 is 27.2. The molecule has 17 heavy (non-hydrogen) atoms. The van der Waals surface area contributed by atoms with E-state index in [0.717, 1.165) is 12.1 Å². The Kier molecular flexibility index (Phi) is 3.57. The van der Waals surface area contributed by atoms with Crippen LogP contribution in [0.3, 0.4) is 0 Å². The zero-order valence-electron chi connectivity index (χ0n) is 8.84. The van der Waals surface area contributed by atoms with Crippen LogP contribution < -0.4 is 5.32 Å². The molecule has 0 atom stereocenters. The first kappa shape index (κ1) is 12.2. The summed E-state index contributed by atoms with van der Waals surface area (Å²) in [6.07, 6.45) is 5.26. The van der Waals surface area contributed by atoms with Gasteiger partial charge in [-0.2, -0.15) is 0 Å². The average molecular weight is 302 g/mol. The Bertz CT molecular complexity index is 456. The van der Waals surface area contributed by atoms with Gasteiger partial charge in [-0.3, -0.25) is 4.79 Å². The number of hydrogen-bond acceptors (Lipinski definition) is 1. The molecule has 1 aromatic carbocycles. The quantitative estimate of drug-likeness (QED) is 0.835. The number of hydrogen-bond donors (Lipinski definition) is 1. The van der Waals surface area contributed by atoms with Gasteiger partial charge in [0.05, 0.1) is 0 Å². The molecule has 0 radical (unpaired) electrons. The second kappa shape index (κ2) is 4.96. The maximum Gasteiger partial charge on any atom is 0.257 e. The van der Waals surface area contributed by atoms with E-state index in [4.69, 9.17) is 0 Å². The molecule has 5 heteroatoms. The van der Waals surface area contributed by atoms with Crippen LogP contribution in [0.1, 0.15) is 23.2 Å². The first-order valence-electron chi connectivity index (χ1n) is 5.18. The fourth-order valence-corrected chi connectivity index (χ4v) is 2.15. The summed E-state index contributed by atoms with van der Waals surface area (Å²) in [4.78, 5) is 11.7. The maximum atomic E-state index is 13.5. The zero-order chi connectivity index (χ0) is 12.4. The summed E-state index contributed by atoms with van der Waals surface area (Å²) in [5.41, 5.74) is -0.528. The lowest BCUT2D eigenvalue weighted by molar-refractivity contribution is 0.0930. The first-order valence-corrected chi connectivity index (χ1v) is 5.97. The topological polar surface area (TPSA) is 29.1 Å². The van der Waals surface area contributed by atoms with Gasteiger partial charge in [0.1, 0.15) is 17.2 Å². The molecular formula is C12H10BrF2NO. The van der Waals surface area contributed by atoms with Gasteiger partial charge < -0.3 is 5.32 Å². The molecule has 0 unspecified atom stereocenters. The van der Waals surface area contributed by atoms with Crippen molar-refractivity contribution in [3.8, 4) is 0 Å². The molecule has 0 heterocycles. The number of benzene rings is 1. The van der Waals surface area contributed by atoms with Gasteiger partial charge in [0.2, 0.25) is 0 Å². The third-order valence-corrected chi connectivity index (χ3v) is 3.03. The number of carbonyl (C=O) groups excluding carboxylic acids is 1. The molecule has 1 aromatic rings. The number of nitrogens with one attached hydrogen (secondary N) is 1. The minimum absolute atomic E-state index is 0.0649. The molecule has 0 fully saturated rings. The smallest absolute Gasteiger partial charge is 0.257 e. The van der Waals surface area contributed by atoms with Gasteiger partial charge >= 0.3 is 0 Å². The van der Waals surface area contributed by atoms with Crippen molar-refractivity contribution in [1.29, 1.82) is 0 Å². The summed E-state index contributed by atoms with van der Waals surface area (Å²) in [6.45, 7) is 0. The van der Waals surface area contributed by atoms with Gasteiger partial charge in [0, 0.05) is 10.5 Å². The number of halogens is 3. The highest BCUT2D eigenvalue weighted by Crippen LogP contribution is 2.20. The van der Waals surface area contributed by atoms with E-state index < -0.39 is 23.1 Å². The van der Waals surface area contributed by atoms with Crippen LogP contribution in [0.4, 0.5) is 8.78 Å². The van der Waals surface area contributed by atoms with Crippen LogP contribution in [0.5, 0.6) is 0 Å². The van der Waals surface area contributed by atoms with Gasteiger partial charge in [-0.15, -0.1) is 0 Å². The highest BCUT2D eigenvalue weighted by atomic mass is 79.9. The maximum absolute atomic E-state index is 13.5. The Morgan fingerprint density at radius 1 is 1.24 bits per heavy atom. The van der Waals surface area contributed by atoms with E-state index in [9.17, 15) is 13.6 Å². The summed E-state index contributed by atoms with van der Waals surface area (Å²) in [7, 11) is 0. The van der Waals surface area contributed by atoms with Crippen molar-refractivity contribution >= 4 is 21.8 Å². The Morgan fingerprint density at radius 2 is 1.76 bits per heavy atom. The predicted octanol–water partition coefficient (Wildman–Crippen LogP) is 3.18. The summed E-state index contributed by atoms with van der Waals surface area (Å²) in [6, 6.07) is 2.08. The molecule has 0 aliphatic heterocycles. The standard InChI is InChI=1S/C12H10BrF2NO/c13-7-5-9(14)11(10(15)6-7)12(17)16-8-3-1-2-4-8/h1-2,5-6,8H,3-4H2,(H,16,17). The SMILES string of the molecule is O=C(NC1CC=CC1)c1c(F)cc(Br)cc1F. The van der Waals surface area contributed by atoms with Crippen molar-refractivity contribution in [2.45, 2.75) is 18.9 Å². The highest BCUT2D eigenvalue weighted by Gasteiger charge is 2.21. The molecule has 1 aliphatic carbocycles. The van der Waals surface area contributed by atoms with Crippen LogP contribution in [-0.4, -0.2) is 11.9 Å². The summed E-state index contributed by atoms with van der Waals surface area (Å²) in [5.74, 6) is -2.43. The van der Waals surface area contributed by atoms with Crippen molar-refractivity contribution in [2.75, 3.05) is 0 Å². The van der Waals surface area contributed by atoms with E-state index in [1.165, 1.54) is 0 Å². The lowest BCUT2D eigenvalue weighted by Crippen LogP contribution is -2.34. The zero-order valence-corrected chi connectivity index (χ0v) is 10.4. The second-order valence-electron chi connectivity index (χ2n) is 3.86. The van der Waals surface area contributed by atoms with Gasteiger partial charge in [-0.05, 0) is 25.0 Å². The fourth-order valence-electron chi connectivity index (χ4n) is 1.75. The second-order valence-corrected chi connectivity index (χ2v) is 4.77. The summed E-state index contributed by atoms with van der Waals surface area (Å²) in [5, 5.41) is 2.60. The molecule has 1 amide bonds. The minimum atomic E-state index is -0.861. The normalized spacial score (nSPS) is 15.2. The van der Waals surface area contributed by atoms with Gasteiger partial charge in [-0.1, -0.05) is 28.1 Å². The van der Waals surface area contributed by atoms with Crippen molar-refractivity contribution in [1.82, 2.24) is 5.32 Å². The highest BCUT2D eigenvalue weighted by molar-refractivity contribution is 9.10. The van der Waals surface area contributed by atoms with E-state index in [0.29, 0.717) is 12.8 Å². The molecule has 0 saturated heterocycles. The largest absolute Gasteiger partial charge is 0.349 e. The molecule has 1 N–H and O–H groups in total. The Balaban J connectivity index is 2.18. The van der Waals surface area contributed by atoms with Crippen LogP contribution in [-0.2, 0) is 0 Å². The van der Waals surface area contributed by atoms with Crippen LogP contribution in [0.2, 0.25) is 0 Å². The molecular weight excluding hydrogens is 292 g/mol. The van der Waals surface area contributed by atoms with Gasteiger partial charge in [0.15, 0.2) is 0 Å². The van der Waals surface area contributed by atoms with Crippen LogP contribution in [0, 0.1) is 11.6 Å². The van der Waals surface area contributed by atoms with E-state index in [2.05, 4.69) is 21.2 Å². The van der Waals surface area contributed by atoms with E-state index >= 15 is 0 Å². The predicted molar refractivity (Wildman–Crippen MR) is 63.7 cm³/mol. The molecule has 0 spiro atoms. The number of carbonyl (C=O) groups is 1. The monoisotopic (exact) mass is 301 g/mol. The number of amides is 1. The van der Waals surface area contributed by atoms with Gasteiger partial charge in [0.25, 0.3) is 5.91 Å². The molecule has 0 bridgehead atoms. The molecule has 90 valence electrons. The fraction of sp³-hybridized carbons (Fsp3) is 0.250. The molecule has 2 rings (SSSR count). The van der Waals surface area contributed by atoms with E-state index in [1.807, 2.05) is 12.2 Å². The van der Waals surface area contributed by atoms with Crippen molar-refractivity contribution < 1.29 is 13.6 Å². The van der Waals surface area contributed by atoms with Crippen LogP contribution in [0.15, 0.2) is 28.8 Å². The van der Waals surface area contributed by atoms with Crippen molar-refractivity contribution in [3.05, 3.63) is 46.0 Å². The van der Waals surface area contributed by atoms with E-state index in [1.54, 1.807) is 0 Å². The Labute approximate surface area is 106 Å². The Hall–Kier alpha value is -1.23. The molecule has 2 nitrogen and oxygen atoms in total. The molecule has 1 aliphatic rings. The minimum Gasteiger partial charge on any atom is -0.349 e. The first-order chi connectivity index (χ1) is 8.08. The summed E-state index contributed by atoms with van der Waals surface area (Å²) >= 11 is 2.96. The molecule has 0 saturated carbocycles. The molecule has 0 aromatic heterocycles. The van der Waals surface area contributed by atoms with Crippen LogP contribution in [0.25, 0.3) is 0 Å². The lowest BCUT2D eigenvalue weighted by Gasteiger charge is -2.13. The third-order valence-electron chi connectivity index (χ3n) is 2.58. The van der Waals surface area contributed by atoms with Crippen LogP contribution >= 0.6 is 15.9 Å². The van der Waals surface area contributed by atoms with Crippen molar-refractivity contribution in [2.24, 2.45) is 0 Å². The Morgan fingerprint density at radius 3 is 2.29 bits per heavy atom. The van der Waals surface area contributed by atoms with E-state index in [-0.39, 0.29) is 10.5 Å². The van der Waals surface area contributed by atoms with Gasteiger partial charge in [-0.25, -0.2) is 8.78 Å². The third kappa shape index (κ3) is 2.72.